The van der Waals surface area contributed by atoms with Gasteiger partial charge in [-0.05, 0) is 63.3 Å². The summed E-state index contributed by atoms with van der Waals surface area (Å²) in [6.45, 7) is 8.96. The van der Waals surface area contributed by atoms with E-state index < -0.39 is 24.4 Å². The van der Waals surface area contributed by atoms with E-state index in [0.29, 0.717) is 13.0 Å². The Morgan fingerprint density at radius 2 is 1.67 bits per heavy atom. The van der Waals surface area contributed by atoms with Crippen molar-refractivity contribution in [3.63, 3.8) is 0 Å². The van der Waals surface area contributed by atoms with Gasteiger partial charge in [0, 0.05) is 13.1 Å². The summed E-state index contributed by atoms with van der Waals surface area (Å²) in [6.07, 6.45) is 1.19. The van der Waals surface area contributed by atoms with Crippen LogP contribution >= 0.6 is 0 Å². The Bertz CT molecular complexity index is 654. The van der Waals surface area contributed by atoms with Crippen molar-refractivity contribution in [1.29, 1.82) is 0 Å². The number of carbonyl (C=O) groups is 1. The van der Waals surface area contributed by atoms with Crippen LogP contribution in [0.25, 0.3) is 0 Å². The van der Waals surface area contributed by atoms with Crippen molar-refractivity contribution < 1.29 is 24.9 Å². The lowest BCUT2D eigenvalue weighted by Crippen LogP contribution is -2.53. The van der Waals surface area contributed by atoms with Gasteiger partial charge >= 0.3 is 0 Å². The van der Waals surface area contributed by atoms with Crippen molar-refractivity contribution in [3.05, 3.63) is 29.8 Å². The van der Waals surface area contributed by atoms with Crippen molar-refractivity contribution in [3.8, 4) is 5.75 Å². The summed E-state index contributed by atoms with van der Waals surface area (Å²) in [4.78, 5) is 12.6. The van der Waals surface area contributed by atoms with Crippen LogP contribution in [0.4, 0.5) is 0 Å². The molecule has 1 aromatic rings. The zero-order valence-corrected chi connectivity index (χ0v) is 20.9. The standard InChI is InChI=1S/C25H45N3O5/c1-6-8-22(31)24(27-16-18(3)29)25(32)28-15-17(2)9-7-14-26-23(19(4)30)20-10-12-21(33-5)13-11-20/h10-13,17-19,22-24,26-27,29-31H,6-9,14-16H2,1-5H3,(H,28,32)/t17?,18-,19-,22-,23+,24-/m0/s1. The molecule has 1 unspecified atom stereocenters. The summed E-state index contributed by atoms with van der Waals surface area (Å²) >= 11 is 0. The van der Waals surface area contributed by atoms with Crippen LogP contribution in [0.15, 0.2) is 24.3 Å². The molecule has 0 spiro atoms. The second-order valence-electron chi connectivity index (χ2n) is 9.03. The molecule has 6 N–H and O–H groups in total. The maximum absolute atomic E-state index is 12.6. The molecule has 1 aromatic carbocycles. The molecule has 0 aliphatic carbocycles. The lowest BCUT2D eigenvalue weighted by molar-refractivity contribution is -0.126. The first-order valence-corrected chi connectivity index (χ1v) is 12.1. The molecule has 0 aromatic heterocycles. The highest BCUT2D eigenvalue weighted by molar-refractivity contribution is 5.82. The van der Waals surface area contributed by atoms with Gasteiger partial charge < -0.3 is 36.0 Å². The molecular formula is C25H45N3O5. The van der Waals surface area contributed by atoms with E-state index in [2.05, 4.69) is 22.9 Å². The van der Waals surface area contributed by atoms with E-state index in [1.807, 2.05) is 31.2 Å². The van der Waals surface area contributed by atoms with Crippen LogP contribution in [0.1, 0.15) is 65.0 Å². The Hall–Kier alpha value is -1.71. The second kappa shape index (κ2) is 16.0. The van der Waals surface area contributed by atoms with Gasteiger partial charge in [-0.15, -0.1) is 0 Å². The first-order chi connectivity index (χ1) is 15.7. The third-order valence-electron chi connectivity index (χ3n) is 5.70. The SMILES string of the molecule is CCC[C@H](O)[C@H](NC[C@H](C)O)C(=O)NCC(C)CCCN[C@@H](c1ccc(OC)cc1)[C@H](C)O. The fraction of sp³-hybridized carbons (Fsp3) is 0.720. The lowest BCUT2D eigenvalue weighted by atomic mass is 10.0. The van der Waals surface area contributed by atoms with Crippen molar-refractivity contribution in [2.24, 2.45) is 5.92 Å². The number of nitrogens with one attached hydrogen (secondary N) is 3. The quantitative estimate of drug-likeness (QED) is 0.193. The molecule has 0 aliphatic heterocycles. The lowest BCUT2D eigenvalue weighted by Gasteiger charge is -2.25. The zero-order chi connectivity index (χ0) is 24.8. The van der Waals surface area contributed by atoms with Gasteiger partial charge in [0.05, 0.1) is 31.5 Å². The molecule has 0 bridgehead atoms. The fourth-order valence-corrected chi connectivity index (χ4v) is 3.74. The Morgan fingerprint density at radius 3 is 2.21 bits per heavy atom. The van der Waals surface area contributed by atoms with E-state index in [1.165, 1.54) is 0 Å². The number of methoxy groups -OCH3 is 1. The number of carbonyl (C=O) groups excluding carboxylic acids is 1. The minimum Gasteiger partial charge on any atom is -0.497 e. The Morgan fingerprint density at radius 1 is 1.00 bits per heavy atom. The molecule has 0 fully saturated rings. The van der Waals surface area contributed by atoms with E-state index in [-0.39, 0.29) is 24.4 Å². The van der Waals surface area contributed by atoms with Crippen LogP contribution in [-0.2, 0) is 4.79 Å². The van der Waals surface area contributed by atoms with Crippen molar-refractivity contribution in [2.45, 2.75) is 83.8 Å². The van der Waals surface area contributed by atoms with Crippen LogP contribution < -0.4 is 20.7 Å². The third kappa shape index (κ3) is 11.3. The number of benzene rings is 1. The summed E-state index contributed by atoms with van der Waals surface area (Å²) in [6, 6.07) is 6.79. The van der Waals surface area contributed by atoms with Crippen molar-refractivity contribution >= 4 is 5.91 Å². The molecular weight excluding hydrogens is 422 g/mol. The Labute approximate surface area is 199 Å². The largest absolute Gasteiger partial charge is 0.497 e. The van der Waals surface area contributed by atoms with E-state index in [4.69, 9.17) is 4.74 Å². The van der Waals surface area contributed by atoms with Gasteiger partial charge in [-0.3, -0.25) is 4.79 Å². The predicted octanol–water partition coefficient (Wildman–Crippen LogP) is 1.74. The molecule has 6 atom stereocenters. The average molecular weight is 468 g/mol. The molecule has 8 nitrogen and oxygen atoms in total. The number of amides is 1. The highest BCUT2D eigenvalue weighted by Crippen LogP contribution is 2.20. The summed E-state index contributed by atoms with van der Waals surface area (Å²) in [5.74, 6) is 0.808. The first-order valence-electron chi connectivity index (χ1n) is 12.1. The van der Waals surface area contributed by atoms with E-state index in [9.17, 15) is 20.1 Å². The number of aliphatic hydroxyl groups excluding tert-OH is 3. The van der Waals surface area contributed by atoms with E-state index in [0.717, 1.165) is 37.1 Å². The molecule has 8 heteroatoms. The molecule has 0 aliphatic rings. The molecule has 0 saturated heterocycles. The van der Waals surface area contributed by atoms with Gasteiger partial charge in [0.2, 0.25) is 5.91 Å². The second-order valence-corrected chi connectivity index (χ2v) is 9.03. The summed E-state index contributed by atoms with van der Waals surface area (Å²) in [5, 5.41) is 39.3. The van der Waals surface area contributed by atoms with E-state index >= 15 is 0 Å². The maximum atomic E-state index is 12.6. The van der Waals surface area contributed by atoms with Crippen LogP contribution in [0.3, 0.4) is 0 Å². The van der Waals surface area contributed by atoms with Gasteiger partial charge in [0.25, 0.3) is 0 Å². The minimum atomic E-state index is -0.788. The van der Waals surface area contributed by atoms with Crippen molar-refractivity contribution in [2.75, 3.05) is 26.7 Å². The van der Waals surface area contributed by atoms with Crippen LogP contribution in [0.2, 0.25) is 0 Å². The highest BCUT2D eigenvalue weighted by atomic mass is 16.5. The summed E-state index contributed by atoms with van der Waals surface area (Å²) in [7, 11) is 1.63. The van der Waals surface area contributed by atoms with Crippen molar-refractivity contribution in [1.82, 2.24) is 16.0 Å². The Balaban J connectivity index is 2.44. The van der Waals surface area contributed by atoms with Gasteiger partial charge in [0.15, 0.2) is 0 Å². The molecule has 1 rings (SSSR count). The molecule has 33 heavy (non-hydrogen) atoms. The third-order valence-corrected chi connectivity index (χ3v) is 5.70. The van der Waals surface area contributed by atoms with Crippen LogP contribution in [-0.4, -0.2) is 72.3 Å². The maximum Gasteiger partial charge on any atom is 0.239 e. The van der Waals surface area contributed by atoms with Crippen LogP contribution in [0.5, 0.6) is 5.75 Å². The number of hydrogen-bond donors (Lipinski definition) is 6. The Kier molecular flexibility index (Phi) is 14.2. The highest BCUT2D eigenvalue weighted by Gasteiger charge is 2.26. The summed E-state index contributed by atoms with van der Waals surface area (Å²) < 4.78 is 5.20. The number of ether oxygens (including phenoxy) is 1. The first kappa shape index (κ1) is 29.3. The zero-order valence-electron chi connectivity index (χ0n) is 20.9. The smallest absolute Gasteiger partial charge is 0.239 e. The fourth-order valence-electron chi connectivity index (χ4n) is 3.74. The number of aliphatic hydroxyl groups is 3. The summed E-state index contributed by atoms with van der Waals surface area (Å²) in [5.41, 5.74) is 1.01. The molecule has 1 amide bonds. The minimum absolute atomic E-state index is 0.160. The average Bonchev–Trinajstić information content (AvgIpc) is 2.77. The number of rotatable bonds is 17. The van der Waals surface area contributed by atoms with Gasteiger partial charge in [-0.25, -0.2) is 0 Å². The normalized spacial score (nSPS) is 17.0. The topological polar surface area (TPSA) is 123 Å². The molecule has 190 valence electrons. The van der Waals surface area contributed by atoms with E-state index in [1.54, 1.807) is 21.0 Å². The number of hydrogen-bond acceptors (Lipinski definition) is 7. The van der Waals surface area contributed by atoms with Gasteiger partial charge in [0.1, 0.15) is 11.8 Å². The molecule has 0 heterocycles. The van der Waals surface area contributed by atoms with Gasteiger partial charge in [-0.2, -0.15) is 0 Å². The van der Waals surface area contributed by atoms with Gasteiger partial charge in [-0.1, -0.05) is 32.4 Å². The predicted molar refractivity (Wildman–Crippen MR) is 131 cm³/mol. The monoisotopic (exact) mass is 467 g/mol. The molecule has 0 saturated carbocycles. The van der Waals surface area contributed by atoms with Crippen LogP contribution in [0, 0.1) is 5.92 Å². The molecule has 0 radical (unpaired) electrons.